The molecule has 3 heterocycles. The standard InChI is InChI=1S/C18H22N4O2/c1-2-4-13(5-3-1)17-21-16-11-19-7-6-15(16)18(22-17)20-10-14-12-23-8-9-24-14/h1-5,14,19H,6-12H2,(H,20,21,22)/t14-/m0/s1. The molecule has 1 aromatic carbocycles. The van der Waals surface area contributed by atoms with Crippen LogP contribution < -0.4 is 10.6 Å². The summed E-state index contributed by atoms with van der Waals surface area (Å²) in [6, 6.07) is 10.1. The van der Waals surface area contributed by atoms with Crippen LogP contribution in [0.25, 0.3) is 11.4 Å². The van der Waals surface area contributed by atoms with Crippen LogP contribution in [0.5, 0.6) is 0 Å². The van der Waals surface area contributed by atoms with Crippen molar-refractivity contribution in [3.63, 3.8) is 0 Å². The molecule has 0 bridgehead atoms. The van der Waals surface area contributed by atoms with Crippen LogP contribution in [0.3, 0.4) is 0 Å². The van der Waals surface area contributed by atoms with Gasteiger partial charge in [-0.1, -0.05) is 30.3 Å². The molecule has 0 spiro atoms. The maximum absolute atomic E-state index is 5.72. The molecule has 1 aromatic heterocycles. The molecule has 126 valence electrons. The van der Waals surface area contributed by atoms with Gasteiger partial charge in [0.2, 0.25) is 0 Å². The lowest BCUT2D eigenvalue weighted by atomic mass is 10.1. The second-order valence-electron chi connectivity index (χ2n) is 6.06. The number of hydrogen-bond donors (Lipinski definition) is 2. The third kappa shape index (κ3) is 3.40. The van der Waals surface area contributed by atoms with Crippen LogP contribution in [-0.2, 0) is 22.4 Å². The van der Waals surface area contributed by atoms with E-state index in [1.54, 1.807) is 0 Å². The largest absolute Gasteiger partial charge is 0.376 e. The summed E-state index contributed by atoms with van der Waals surface area (Å²) in [7, 11) is 0. The second kappa shape index (κ2) is 7.25. The summed E-state index contributed by atoms with van der Waals surface area (Å²) in [4.78, 5) is 9.56. The van der Waals surface area contributed by atoms with E-state index in [1.165, 1.54) is 5.56 Å². The molecular formula is C18H22N4O2. The molecule has 0 radical (unpaired) electrons. The Morgan fingerprint density at radius 1 is 1.17 bits per heavy atom. The molecule has 4 rings (SSSR count). The Bertz CT molecular complexity index is 687. The first-order valence-corrected chi connectivity index (χ1v) is 8.49. The Balaban J connectivity index is 1.61. The molecule has 2 aromatic rings. The molecule has 6 nitrogen and oxygen atoms in total. The molecule has 2 aliphatic rings. The predicted octanol–water partition coefficient (Wildman–Crippen LogP) is 1.62. The minimum atomic E-state index is 0.0752. The van der Waals surface area contributed by atoms with Gasteiger partial charge < -0.3 is 20.1 Å². The molecule has 1 fully saturated rings. The van der Waals surface area contributed by atoms with Gasteiger partial charge in [0.25, 0.3) is 0 Å². The van der Waals surface area contributed by atoms with Crippen LogP contribution in [0.15, 0.2) is 30.3 Å². The van der Waals surface area contributed by atoms with Gasteiger partial charge in [-0.3, -0.25) is 0 Å². The van der Waals surface area contributed by atoms with E-state index >= 15 is 0 Å². The summed E-state index contributed by atoms with van der Waals surface area (Å²) in [5, 5.41) is 6.86. The van der Waals surface area contributed by atoms with Crippen molar-refractivity contribution in [1.82, 2.24) is 15.3 Å². The third-order valence-corrected chi connectivity index (χ3v) is 4.35. The fourth-order valence-electron chi connectivity index (χ4n) is 3.09. The fraction of sp³-hybridized carbons (Fsp3) is 0.444. The number of rotatable bonds is 4. The summed E-state index contributed by atoms with van der Waals surface area (Å²) in [5.74, 6) is 1.69. The minimum absolute atomic E-state index is 0.0752. The number of anilines is 1. The van der Waals surface area contributed by atoms with Crippen molar-refractivity contribution in [3.8, 4) is 11.4 Å². The maximum Gasteiger partial charge on any atom is 0.161 e. The highest BCUT2D eigenvalue weighted by atomic mass is 16.6. The summed E-state index contributed by atoms with van der Waals surface area (Å²) in [5.41, 5.74) is 3.33. The quantitative estimate of drug-likeness (QED) is 0.890. The van der Waals surface area contributed by atoms with Crippen LogP contribution in [-0.4, -0.2) is 49.0 Å². The van der Waals surface area contributed by atoms with E-state index in [2.05, 4.69) is 10.6 Å². The van der Waals surface area contributed by atoms with Gasteiger partial charge in [0, 0.05) is 24.2 Å². The number of ether oxygens (including phenoxy) is 2. The SMILES string of the molecule is c1ccc(-c2nc3c(c(NC[C@H]4COCCO4)n2)CCNC3)cc1. The van der Waals surface area contributed by atoms with Crippen molar-refractivity contribution in [3.05, 3.63) is 41.6 Å². The predicted molar refractivity (Wildman–Crippen MR) is 91.9 cm³/mol. The first-order valence-electron chi connectivity index (χ1n) is 8.49. The zero-order valence-electron chi connectivity index (χ0n) is 13.6. The Morgan fingerprint density at radius 2 is 2.08 bits per heavy atom. The van der Waals surface area contributed by atoms with Gasteiger partial charge in [-0.25, -0.2) is 9.97 Å². The smallest absolute Gasteiger partial charge is 0.161 e. The van der Waals surface area contributed by atoms with Gasteiger partial charge in [-0.05, 0) is 13.0 Å². The van der Waals surface area contributed by atoms with Crippen molar-refractivity contribution >= 4 is 5.82 Å². The van der Waals surface area contributed by atoms with Gasteiger partial charge in [0.05, 0.1) is 31.6 Å². The van der Waals surface area contributed by atoms with Crippen molar-refractivity contribution in [2.24, 2.45) is 0 Å². The van der Waals surface area contributed by atoms with E-state index in [0.717, 1.165) is 42.4 Å². The van der Waals surface area contributed by atoms with Gasteiger partial charge >= 0.3 is 0 Å². The van der Waals surface area contributed by atoms with E-state index < -0.39 is 0 Å². The van der Waals surface area contributed by atoms with Gasteiger partial charge in [-0.15, -0.1) is 0 Å². The normalized spacial score (nSPS) is 20.4. The highest BCUT2D eigenvalue weighted by Crippen LogP contribution is 2.25. The van der Waals surface area contributed by atoms with Crippen molar-refractivity contribution < 1.29 is 9.47 Å². The summed E-state index contributed by atoms with van der Waals surface area (Å²) in [6.07, 6.45) is 1.01. The molecule has 6 heteroatoms. The van der Waals surface area contributed by atoms with Crippen LogP contribution in [0.4, 0.5) is 5.82 Å². The first-order chi connectivity index (χ1) is 11.9. The molecular weight excluding hydrogens is 304 g/mol. The number of hydrogen-bond acceptors (Lipinski definition) is 6. The zero-order chi connectivity index (χ0) is 16.2. The van der Waals surface area contributed by atoms with Gasteiger partial charge in [0.1, 0.15) is 5.82 Å². The lowest BCUT2D eigenvalue weighted by Gasteiger charge is -2.25. The monoisotopic (exact) mass is 326 g/mol. The molecule has 1 saturated heterocycles. The molecule has 2 N–H and O–H groups in total. The van der Waals surface area contributed by atoms with E-state index in [9.17, 15) is 0 Å². The summed E-state index contributed by atoms with van der Waals surface area (Å²) < 4.78 is 11.2. The van der Waals surface area contributed by atoms with Crippen molar-refractivity contribution in [1.29, 1.82) is 0 Å². The van der Waals surface area contributed by atoms with Crippen LogP contribution in [0, 0.1) is 0 Å². The van der Waals surface area contributed by atoms with Crippen LogP contribution in [0.2, 0.25) is 0 Å². The molecule has 0 aliphatic carbocycles. The Labute approximate surface area is 141 Å². The van der Waals surface area contributed by atoms with E-state index in [4.69, 9.17) is 19.4 Å². The average molecular weight is 326 g/mol. The van der Waals surface area contributed by atoms with Gasteiger partial charge in [0.15, 0.2) is 5.82 Å². The summed E-state index contributed by atoms with van der Waals surface area (Å²) in [6.45, 7) is 4.42. The molecule has 0 amide bonds. The van der Waals surface area contributed by atoms with Crippen molar-refractivity contribution in [2.45, 2.75) is 19.1 Å². The molecule has 2 aliphatic heterocycles. The molecule has 0 saturated carbocycles. The number of benzene rings is 1. The maximum atomic E-state index is 5.72. The fourth-order valence-corrected chi connectivity index (χ4v) is 3.09. The highest BCUT2D eigenvalue weighted by molar-refractivity contribution is 5.60. The van der Waals surface area contributed by atoms with E-state index in [-0.39, 0.29) is 6.10 Å². The van der Waals surface area contributed by atoms with E-state index in [0.29, 0.717) is 26.4 Å². The number of aromatic nitrogens is 2. The van der Waals surface area contributed by atoms with Gasteiger partial charge in [-0.2, -0.15) is 0 Å². The topological polar surface area (TPSA) is 68.3 Å². The Morgan fingerprint density at radius 3 is 2.92 bits per heavy atom. The summed E-state index contributed by atoms with van der Waals surface area (Å²) >= 11 is 0. The highest BCUT2D eigenvalue weighted by Gasteiger charge is 2.20. The lowest BCUT2D eigenvalue weighted by Crippen LogP contribution is -2.35. The molecule has 1 atom stereocenters. The van der Waals surface area contributed by atoms with Crippen LogP contribution in [0.1, 0.15) is 11.3 Å². The third-order valence-electron chi connectivity index (χ3n) is 4.35. The second-order valence-corrected chi connectivity index (χ2v) is 6.06. The molecule has 24 heavy (non-hydrogen) atoms. The van der Waals surface area contributed by atoms with E-state index in [1.807, 2.05) is 30.3 Å². The number of fused-ring (bicyclic) bond motifs is 1. The average Bonchev–Trinajstić information content (AvgIpc) is 2.67. The number of nitrogens with one attached hydrogen (secondary N) is 2. The Hall–Kier alpha value is -2.02. The number of nitrogens with zero attached hydrogens (tertiary/aromatic N) is 2. The van der Waals surface area contributed by atoms with Crippen molar-refractivity contribution in [2.75, 3.05) is 38.2 Å². The van der Waals surface area contributed by atoms with Crippen LogP contribution >= 0.6 is 0 Å². The Kier molecular flexibility index (Phi) is 4.69. The minimum Gasteiger partial charge on any atom is -0.376 e. The first kappa shape index (κ1) is 15.5. The molecule has 0 unspecified atom stereocenters. The zero-order valence-corrected chi connectivity index (χ0v) is 13.6. The lowest BCUT2D eigenvalue weighted by molar-refractivity contribution is -0.0819.